The predicted octanol–water partition coefficient (Wildman–Crippen LogP) is 2.63. The van der Waals surface area contributed by atoms with E-state index in [0.29, 0.717) is 42.0 Å². The van der Waals surface area contributed by atoms with Gasteiger partial charge in [0, 0.05) is 6.54 Å². The third kappa shape index (κ3) is 3.87. The molecule has 1 saturated carbocycles. The van der Waals surface area contributed by atoms with Gasteiger partial charge >= 0.3 is 5.97 Å². The van der Waals surface area contributed by atoms with E-state index in [4.69, 9.17) is 22.0 Å². The lowest BCUT2D eigenvalue weighted by atomic mass is 9.79. The number of hydrogen-bond donors (Lipinski definition) is 3. The Hall–Kier alpha value is -1.77. The zero-order valence-electron chi connectivity index (χ0n) is 11.5. The molecule has 1 aromatic rings. The molecule has 0 saturated heterocycles. The van der Waals surface area contributed by atoms with Gasteiger partial charge in [0.1, 0.15) is 0 Å². The maximum atomic E-state index is 10.9. The van der Waals surface area contributed by atoms with Gasteiger partial charge in [0.25, 0.3) is 0 Å². The first-order chi connectivity index (χ1) is 9.93. The minimum atomic E-state index is -0.933. The Bertz CT molecular complexity index is 575. The van der Waals surface area contributed by atoms with E-state index in [1.807, 2.05) is 6.07 Å². The standard InChI is InChI=1S/C15H17ClN2O3/c16-12-2-1-10(8-17)7-13(12)18-9-15(21)5-3-11(4-6-15)14(19)20/h1-2,7,11,18,21H,3-6,9H2,(H,19,20). The second kappa shape index (κ2) is 6.33. The van der Waals surface area contributed by atoms with Crippen molar-refractivity contribution in [1.29, 1.82) is 5.26 Å². The number of nitrogens with one attached hydrogen (secondary N) is 1. The minimum Gasteiger partial charge on any atom is -0.481 e. The molecule has 0 aliphatic heterocycles. The summed E-state index contributed by atoms with van der Waals surface area (Å²) in [5, 5.41) is 31.9. The fourth-order valence-electron chi connectivity index (χ4n) is 2.57. The fraction of sp³-hybridized carbons (Fsp3) is 0.467. The third-order valence-electron chi connectivity index (χ3n) is 3.97. The average Bonchev–Trinajstić information content (AvgIpc) is 2.47. The van der Waals surface area contributed by atoms with Crippen LogP contribution in [0.2, 0.25) is 5.02 Å². The highest BCUT2D eigenvalue weighted by molar-refractivity contribution is 6.33. The molecule has 0 heterocycles. The van der Waals surface area contributed by atoms with E-state index in [1.54, 1.807) is 18.2 Å². The summed E-state index contributed by atoms with van der Waals surface area (Å²) in [7, 11) is 0. The van der Waals surface area contributed by atoms with Crippen LogP contribution < -0.4 is 5.32 Å². The topological polar surface area (TPSA) is 93.4 Å². The molecule has 1 aliphatic rings. The third-order valence-corrected chi connectivity index (χ3v) is 4.30. The quantitative estimate of drug-likeness (QED) is 0.795. The summed E-state index contributed by atoms with van der Waals surface area (Å²) in [6.07, 6.45) is 1.82. The lowest BCUT2D eigenvalue weighted by Gasteiger charge is -2.35. The summed E-state index contributed by atoms with van der Waals surface area (Å²) in [6.45, 7) is 0.286. The number of carbonyl (C=O) groups is 1. The maximum absolute atomic E-state index is 10.9. The minimum absolute atomic E-state index is 0.286. The lowest BCUT2D eigenvalue weighted by Crippen LogP contribution is -2.41. The summed E-state index contributed by atoms with van der Waals surface area (Å²) < 4.78 is 0. The molecule has 2 rings (SSSR count). The summed E-state index contributed by atoms with van der Waals surface area (Å²) >= 11 is 6.05. The Morgan fingerprint density at radius 1 is 1.48 bits per heavy atom. The Balaban J connectivity index is 1.97. The molecule has 5 nitrogen and oxygen atoms in total. The van der Waals surface area contributed by atoms with Crippen LogP contribution >= 0.6 is 11.6 Å². The van der Waals surface area contributed by atoms with Crippen molar-refractivity contribution in [3.63, 3.8) is 0 Å². The number of hydrogen-bond acceptors (Lipinski definition) is 4. The predicted molar refractivity (Wildman–Crippen MR) is 79.2 cm³/mol. The molecule has 1 aromatic carbocycles. The van der Waals surface area contributed by atoms with Gasteiger partial charge in [0.2, 0.25) is 0 Å². The molecule has 0 unspecified atom stereocenters. The van der Waals surface area contributed by atoms with Gasteiger partial charge in [0.05, 0.1) is 33.9 Å². The van der Waals surface area contributed by atoms with Crippen molar-refractivity contribution >= 4 is 23.3 Å². The fourth-order valence-corrected chi connectivity index (χ4v) is 2.75. The maximum Gasteiger partial charge on any atom is 0.306 e. The van der Waals surface area contributed by atoms with Crippen molar-refractivity contribution in [2.45, 2.75) is 31.3 Å². The Morgan fingerprint density at radius 3 is 2.71 bits per heavy atom. The number of carboxylic acid groups (broad SMARTS) is 1. The van der Waals surface area contributed by atoms with Crippen LogP contribution in [0, 0.1) is 17.2 Å². The lowest BCUT2D eigenvalue weighted by molar-refractivity contribution is -0.144. The number of rotatable bonds is 4. The first-order valence-corrected chi connectivity index (χ1v) is 7.20. The normalized spacial score (nSPS) is 25.1. The van der Waals surface area contributed by atoms with E-state index in [0.717, 1.165) is 0 Å². The zero-order chi connectivity index (χ0) is 15.5. The molecular formula is C15H17ClN2O3. The largest absolute Gasteiger partial charge is 0.481 e. The molecule has 112 valence electrons. The summed E-state index contributed by atoms with van der Waals surface area (Å²) in [5.41, 5.74) is 0.158. The van der Waals surface area contributed by atoms with Gasteiger partial charge < -0.3 is 15.5 Å². The molecular weight excluding hydrogens is 292 g/mol. The number of carboxylic acids is 1. The van der Waals surface area contributed by atoms with Crippen molar-refractivity contribution in [2.75, 3.05) is 11.9 Å². The van der Waals surface area contributed by atoms with Crippen molar-refractivity contribution in [1.82, 2.24) is 0 Å². The van der Waals surface area contributed by atoms with E-state index in [1.165, 1.54) is 0 Å². The van der Waals surface area contributed by atoms with E-state index >= 15 is 0 Å². The molecule has 6 heteroatoms. The van der Waals surface area contributed by atoms with Crippen LogP contribution in [0.25, 0.3) is 0 Å². The van der Waals surface area contributed by atoms with Gasteiger partial charge in [-0.15, -0.1) is 0 Å². The van der Waals surface area contributed by atoms with Crippen molar-refractivity contribution in [3.8, 4) is 6.07 Å². The van der Waals surface area contributed by atoms with Crippen LogP contribution in [0.4, 0.5) is 5.69 Å². The second-order valence-electron chi connectivity index (χ2n) is 5.50. The van der Waals surface area contributed by atoms with Crippen LogP contribution in [0.5, 0.6) is 0 Å². The molecule has 0 atom stereocenters. The SMILES string of the molecule is N#Cc1ccc(Cl)c(NCC2(O)CCC(C(=O)O)CC2)c1. The first-order valence-electron chi connectivity index (χ1n) is 6.82. The van der Waals surface area contributed by atoms with Crippen LogP contribution in [0.1, 0.15) is 31.2 Å². The van der Waals surface area contributed by atoms with Gasteiger partial charge in [0.15, 0.2) is 0 Å². The van der Waals surface area contributed by atoms with E-state index < -0.39 is 11.6 Å². The zero-order valence-corrected chi connectivity index (χ0v) is 12.2. The monoisotopic (exact) mass is 308 g/mol. The number of nitrogens with zero attached hydrogens (tertiary/aromatic N) is 1. The first kappa shape index (κ1) is 15.6. The van der Waals surface area contributed by atoms with Gasteiger partial charge in [-0.25, -0.2) is 0 Å². The number of anilines is 1. The van der Waals surface area contributed by atoms with Crippen molar-refractivity contribution < 1.29 is 15.0 Å². The molecule has 1 fully saturated rings. The van der Waals surface area contributed by atoms with E-state index in [-0.39, 0.29) is 12.5 Å². The summed E-state index contributed by atoms with van der Waals surface area (Å²) in [4.78, 5) is 10.9. The summed E-state index contributed by atoms with van der Waals surface area (Å²) in [5.74, 6) is -1.16. The molecule has 0 amide bonds. The molecule has 0 bridgehead atoms. The van der Waals surface area contributed by atoms with Crippen LogP contribution in [-0.2, 0) is 4.79 Å². The highest BCUT2D eigenvalue weighted by Gasteiger charge is 2.35. The van der Waals surface area contributed by atoms with Crippen LogP contribution in [-0.4, -0.2) is 28.3 Å². The number of halogens is 1. The number of aliphatic carboxylic acids is 1. The Labute approximate surface area is 128 Å². The van der Waals surface area contributed by atoms with Gasteiger partial charge in [-0.05, 0) is 43.9 Å². The summed E-state index contributed by atoms with van der Waals surface area (Å²) in [6, 6.07) is 6.93. The van der Waals surface area contributed by atoms with Crippen LogP contribution in [0.3, 0.4) is 0 Å². The molecule has 1 aliphatic carbocycles. The molecule has 0 spiro atoms. The highest BCUT2D eigenvalue weighted by Crippen LogP contribution is 2.33. The number of benzene rings is 1. The van der Waals surface area contributed by atoms with Crippen molar-refractivity contribution in [2.24, 2.45) is 5.92 Å². The van der Waals surface area contributed by atoms with Gasteiger partial charge in [-0.3, -0.25) is 4.79 Å². The van der Waals surface area contributed by atoms with Crippen LogP contribution in [0.15, 0.2) is 18.2 Å². The molecule has 0 radical (unpaired) electrons. The molecule has 0 aromatic heterocycles. The Morgan fingerprint density at radius 2 is 2.14 bits per heavy atom. The number of aliphatic hydroxyl groups is 1. The Kier molecular flexibility index (Phi) is 4.71. The van der Waals surface area contributed by atoms with Crippen molar-refractivity contribution in [3.05, 3.63) is 28.8 Å². The van der Waals surface area contributed by atoms with Gasteiger partial charge in [-0.2, -0.15) is 5.26 Å². The second-order valence-corrected chi connectivity index (χ2v) is 5.90. The highest BCUT2D eigenvalue weighted by atomic mass is 35.5. The van der Waals surface area contributed by atoms with E-state index in [9.17, 15) is 9.90 Å². The van der Waals surface area contributed by atoms with Gasteiger partial charge in [-0.1, -0.05) is 11.6 Å². The molecule has 21 heavy (non-hydrogen) atoms. The smallest absolute Gasteiger partial charge is 0.306 e. The molecule has 3 N–H and O–H groups in total. The number of nitriles is 1. The average molecular weight is 309 g/mol. The van der Waals surface area contributed by atoms with E-state index in [2.05, 4.69) is 5.32 Å².